The fourth-order valence-corrected chi connectivity index (χ4v) is 6.22. The van der Waals surface area contributed by atoms with Crippen LogP contribution in [0.5, 0.6) is 11.5 Å². The number of anilines is 3. The highest BCUT2D eigenvalue weighted by Gasteiger charge is 2.34. The van der Waals surface area contributed by atoms with Crippen molar-refractivity contribution in [2.24, 2.45) is 0 Å². The summed E-state index contributed by atoms with van der Waals surface area (Å²) in [7, 11) is 1.91. The number of hydrogen-bond donors (Lipinski definition) is 3. The molecule has 2 aliphatic heterocycles. The first-order valence-electron chi connectivity index (χ1n) is 12.4. The average molecular weight is 530 g/mol. The Morgan fingerprint density at radius 3 is 2.71 bits per heavy atom. The van der Waals surface area contributed by atoms with Gasteiger partial charge in [0.2, 0.25) is 0 Å². The number of amides is 3. The largest absolute Gasteiger partial charge is 0.457 e. The number of para-hydroxylation sites is 1. The molecule has 0 aliphatic carbocycles. The molecule has 3 N–H and O–H groups in total. The molecule has 38 heavy (non-hydrogen) atoms. The number of likely N-dealkylation sites (tertiary alicyclic amines) is 1. The zero-order chi connectivity index (χ0) is 26.4. The van der Waals surface area contributed by atoms with E-state index in [0.717, 1.165) is 16.7 Å². The molecule has 0 radical (unpaired) electrons. The van der Waals surface area contributed by atoms with Crippen molar-refractivity contribution in [3.63, 3.8) is 0 Å². The molecule has 4 aromatic rings. The molecule has 0 bridgehead atoms. The molecule has 1 saturated heterocycles. The Morgan fingerprint density at radius 1 is 1.13 bits per heavy atom. The van der Waals surface area contributed by atoms with E-state index in [0.29, 0.717) is 52.0 Å². The van der Waals surface area contributed by atoms with E-state index in [1.165, 1.54) is 11.3 Å². The summed E-state index contributed by atoms with van der Waals surface area (Å²) < 4.78 is 5.96. The number of benzene rings is 2. The molecule has 0 unspecified atom stereocenters. The van der Waals surface area contributed by atoms with E-state index in [4.69, 9.17) is 4.74 Å². The smallest absolute Gasteiger partial charge is 0.331 e. The van der Waals surface area contributed by atoms with E-state index in [1.807, 2.05) is 67.4 Å². The molecule has 2 aromatic carbocycles. The van der Waals surface area contributed by atoms with Gasteiger partial charge in [-0.15, -0.1) is 11.3 Å². The lowest BCUT2D eigenvalue weighted by molar-refractivity contribution is 0.0605. The number of aryl methyl sites for hydroxylation is 1. The summed E-state index contributed by atoms with van der Waals surface area (Å²) in [5.74, 6) is 1.12. The number of thiophene rings is 1. The van der Waals surface area contributed by atoms with Crippen molar-refractivity contribution in [1.29, 1.82) is 0 Å². The molecule has 2 aromatic heterocycles. The topological polar surface area (TPSA) is 107 Å². The second-order valence-corrected chi connectivity index (χ2v) is 10.7. The van der Waals surface area contributed by atoms with E-state index < -0.39 is 6.10 Å². The molecule has 1 fully saturated rings. The van der Waals surface area contributed by atoms with Gasteiger partial charge in [0.25, 0.3) is 5.91 Å². The Morgan fingerprint density at radius 2 is 1.95 bits per heavy atom. The summed E-state index contributed by atoms with van der Waals surface area (Å²) in [5.41, 5.74) is 2.70. The Hall–Kier alpha value is -3.99. The Kier molecular flexibility index (Phi) is 6.22. The van der Waals surface area contributed by atoms with Gasteiger partial charge in [-0.2, -0.15) is 0 Å². The van der Waals surface area contributed by atoms with Gasteiger partial charge in [-0.1, -0.05) is 18.2 Å². The lowest BCUT2D eigenvalue weighted by Crippen LogP contribution is -2.51. The summed E-state index contributed by atoms with van der Waals surface area (Å²) in [5, 5.41) is 16.8. The summed E-state index contributed by atoms with van der Waals surface area (Å²) in [6.07, 6.45) is 1.65. The highest BCUT2D eigenvalue weighted by atomic mass is 32.1. The summed E-state index contributed by atoms with van der Waals surface area (Å²) in [6.45, 7) is 3.16. The highest BCUT2D eigenvalue weighted by molar-refractivity contribution is 7.21. The van der Waals surface area contributed by atoms with Crippen molar-refractivity contribution in [2.45, 2.75) is 25.5 Å². The van der Waals surface area contributed by atoms with E-state index in [1.54, 1.807) is 17.2 Å². The molecule has 3 amide bonds. The van der Waals surface area contributed by atoms with Gasteiger partial charge in [0.1, 0.15) is 21.2 Å². The van der Waals surface area contributed by atoms with Crippen molar-refractivity contribution >= 4 is 50.6 Å². The Balaban J connectivity index is 1.32. The van der Waals surface area contributed by atoms with Crippen LogP contribution in [0.3, 0.4) is 0 Å². The number of aromatic nitrogens is 1. The van der Waals surface area contributed by atoms with Crippen LogP contribution < -0.4 is 20.3 Å². The van der Waals surface area contributed by atoms with Crippen molar-refractivity contribution in [3.05, 3.63) is 71.2 Å². The minimum atomic E-state index is -0.492. The number of aliphatic hydroxyl groups is 1. The number of pyridine rings is 1. The monoisotopic (exact) mass is 529 g/mol. The second-order valence-electron chi connectivity index (χ2n) is 9.73. The van der Waals surface area contributed by atoms with Gasteiger partial charge < -0.3 is 25.4 Å². The first-order chi connectivity index (χ1) is 18.4. The SMILES string of the molecule is Cc1cc(Oc2ccccc2)ccc1N1C(=O)Nc2c(C(=O)N[C@@H]3C[C@@H](O)CN(C)C3)sc3nccc1c23. The van der Waals surface area contributed by atoms with Crippen LogP contribution in [-0.4, -0.2) is 59.2 Å². The van der Waals surface area contributed by atoms with Crippen LogP contribution in [0.4, 0.5) is 21.9 Å². The Labute approximate surface area is 223 Å². The third kappa shape index (κ3) is 4.47. The molecule has 9 nitrogen and oxygen atoms in total. The fraction of sp³-hybridized carbons (Fsp3) is 0.250. The maximum Gasteiger partial charge on any atom is 0.331 e. The zero-order valence-electron chi connectivity index (χ0n) is 21.0. The summed E-state index contributed by atoms with van der Waals surface area (Å²) >= 11 is 1.25. The van der Waals surface area contributed by atoms with Gasteiger partial charge >= 0.3 is 6.03 Å². The summed E-state index contributed by atoms with van der Waals surface area (Å²) in [4.78, 5) is 35.9. The standard InChI is InChI=1S/C28H27N5O4S/c1-16-12-20(37-19-6-4-3-5-7-19)8-9-21(16)33-22-10-11-29-27-23(22)24(31-28(33)36)25(38-27)26(35)30-17-13-18(34)15-32(2)14-17/h3-12,17-18,34H,13-15H2,1-2H3,(H,30,35)(H,31,36)/t17-,18-/m1/s1. The van der Waals surface area contributed by atoms with Gasteiger partial charge in [0.05, 0.1) is 28.6 Å². The molecule has 4 heterocycles. The van der Waals surface area contributed by atoms with E-state index >= 15 is 0 Å². The maximum atomic E-state index is 13.5. The molecular weight excluding hydrogens is 502 g/mol. The number of hydrogen-bond acceptors (Lipinski definition) is 7. The number of piperidine rings is 1. The number of rotatable bonds is 5. The molecule has 10 heteroatoms. The Bertz CT molecular complexity index is 1530. The molecule has 2 atom stereocenters. The van der Waals surface area contributed by atoms with Gasteiger partial charge in [-0.05, 0) is 62.4 Å². The fourth-order valence-electron chi connectivity index (χ4n) is 5.19. The first kappa shape index (κ1) is 24.4. The van der Waals surface area contributed by atoms with Crippen molar-refractivity contribution < 1.29 is 19.4 Å². The van der Waals surface area contributed by atoms with Gasteiger partial charge in [-0.25, -0.2) is 9.78 Å². The number of likely N-dealkylation sites (N-methyl/N-ethyl adjacent to an activating group) is 1. The molecule has 194 valence electrons. The lowest BCUT2D eigenvalue weighted by atomic mass is 10.0. The lowest BCUT2D eigenvalue weighted by Gasteiger charge is -2.33. The third-order valence-corrected chi connectivity index (χ3v) is 7.88. The van der Waals surface area contributed by atoms with E-state index in [9.17, 15) is 14.7 Å². The predicted molar refractivity (Wildman–Crippen MR) is 148 cm³/mol. The van der Waals surface area contributed by atoms with E-state index in [2.05, 4.69) is 15.6 Å². The van der Waals surface area contributed by atoms with Crippen LogP contribution in [0.25, 0.3) is 10.2 Å². The van der Waals surface area contributed by atoms with Gasteiger partial charge in [0, 0.05) is 25.3 Å². The van der Waals surface area contributed by atoms with Crippen molar-refractivity contribution in [1.82, 2.24) is 15.2 Å². The normalized spacial score (nSPS) is 19.3. The number of aliphatic hydroxyl groups excluding tert-OH is 1. The van der Waals surface area contributed by atoms with Crippen molar-refractivity contribution in [3.8, 4) is 11.5 Å². The minimum absolute atomic E-state index is 0.184. The third-order valence-electron chi connectivity index (χ3n) is 6.79. The van der Waals surface area contributed by atoms with Crippen molar-refractivity contribution in [2.75, 3.05) is 30.4 Å². The molecule has 0 saturated carbocycles. The van der Waals surface area contributed by atoms with Crippen LogP contribution in [-0.2, 0) is 0 Å². The minimum Gasteiger partial charge on any atom is -0.457 e. The number of urea groups is 1. The van der Waals surface area contributed by atoms with Crippen LogP contribution in [0.1, 0.15) is 21.7 Å². The average Bonchev–Trinajstić information content (AvgIpc) is 3.25. The second kappa shape index (κ2) is 9.71. The quantitative estimate of drug-likeness (QED) is 0.340. The highest BCUT2D eigenvalue weighted by Crippen LogP contribution is 2.46. The maximum absolute atomic E-state index is 13.5. The molecular formula is C28H27N5O4S. The van der Waals surface area contributed by atoms with E-state index in [-0.39, 0.29) is 18.0 Å². The number of carbonyl (C=O) groups excluding carboxylic acids is 2. The number of ether oxygens (including phenoxy) is 1. The van der Waals surface area contributed by atoms with Crippen LogP contribution >= 0.6 is 11.3 Å². The van der Waals surface area contributed by atoms with Gasteiger partial charge in [0.15, 0.2) is 0 Å². The van der Waals surface area contributed by atoms with Crippen LogP contribution in [0.15, 0.2) is 60.8 Å². The molecule has 6 rings (SSSR count). The number of β-amino-alcohol motifs (C(OH)–C–C–N with tert-alkyl or cyclic N) is 1. The van der Waals surface area contributed by atoms with Gasteiger partial charge in [-0.3, -0.25) is 9.69 Å². The first-order valence-corrected chi connectivity index (χ1v) is 13.2. The molecule has 0 spiro atoms. The summed E-state index contributed by atoms with van der Waals surface area (Å²) in [6, 6.07) is 16.4. The number of nitrogens with zero attached hydrogens (tertiary/aromatic N) is 3. The number of nitrogens with one attached hydrogen (secondary N) is 2. The predicted octanol–water partition coefficient (Wildman–Crippen LogP) is 4.88. The van der Waals surface area contributed by atoms with Crippen LogP contribution in [0, 0.1) is 6.92 Å². The number of carbonyl (C=O) groups is 2. The zero-order valence-corrected chi connectivity index (χ0v) is 21.8. The van der Waals surface area contributed by atoms with Crippen LogP contribution in [0.2, 0.25) is 0 Å². The molecule has 2 aliphatic rings.